The number of anilines is 1. The predicted octanol–water partition coefficient (Wildman–Crippen LogP) is 3.55. The second-order valence-electron chi connectivity index (χ2n) is 7.13. The van der Waals surface area contributed by atoms with Crippen molar-refractivity contribution in [3.05, 3.63) is 23.4 Å². The first-order valence-electron chi connectivity index (χ1n) is 7.82. The zero-order valence-corrected chi connectivity index (χ0v) is 13.7. The first-order chi connectivity index (χ1) is 9.41. The molecule has 0 aromatic carbocycles. The lowest BCUT2D eigenvalue weighted by Crippen LogP contribution is -2.40. The van der Waals surface area contributed by atoms with E-state index in [9.17, 15) is 0 Å². The van der Waals surface area contributed by atoms with Crippen LogP contribution in [0.4, 0.5) is 5.82 Å². The molecule has 2 heterocycles. The summed E-state index contributed by atoms with van der Waals surface area (Å²) in [4.78, 5) is 7.37. The number of pyridine rings is 1. The van der Waals surface area contributed by atoms with Gasteiger partial charge in [-0.1, -0.05) is 27.7 Å². The van der Waals surface area contributed by atoms with Crippen LogP contribution in [0.25, 0.3) is 0 Å². The molecule has 1 aliphatic rings. The minimum absolute atomic E-state index is 0.400. The first-order valence-corrected chi connectivity index (χ1v) is 7.82. The van der Waals surface area contributed by atoms with Crippen LogP contribution in [-0.2, 0) is 6.54 Å². The Morgan fingerprint density at radius 1 is 1.35 bits per heavy atom. The van der Waals surface area contributed by atoms with Crippen molar-refractivity contribution in [1.82, 2.24) is 10.3 Å². The fourth-order valence-corrected chi connectivity index (χ4v) is 2.98. The topological polar surface area (TPSA) is 28.2 Å². The van der Waals surface area contributed by atoms with Crippen LogP contribution in [0.5, 0.6) is 0 Å². The summed E-state index contributed by atoms with van der Waals surface area (Å²) in [6.45, 7) is 12.3. The zero-order valence-electron chi connectivity index (χ0n) is 13.7. The quantitative estimate of drug-likeness (QED) is 0.911. The Bertz CT molecular complexity index is 452. The molecular formula is C17H29N3. The Hall–Kier alpha value is -1.09. The molecule has 0 spiro atoms. The molecule has 0 atom stereocenters. The van der Waals surface area contributed by atoms with Crippen LogP contribution < -0.4 is 10.2 Å². The van der Waals surface area contributed by atoms with Crippen LogP contribution in [0.1, 0.15) is 57.7 Å². The second kappa shape index (κ2) is 6.13. The summed E-state index contributed by atoms with van der Waals surface area (Å²) in [7, 11) is 2.00. The number of aromatic nitrogens is 1. The van der Waals surface area contributed by atoms with E-state index in [1.54, 1.807) is 0 Å². The van der Waals surface area contributed by atoms with Gasteiger partial charge >= 0.3 is 0 Å². The van der Waals surface area contributed by atoms with E-state index in [4.69, 9.17) is 4.98 Å². The summed E-state index contributed by atoms with van der Waals surface area (Å²) in [6, 6.07) is 4.49. The highest BCUT2D eigenvalue weighted by atomic mass is 15.2. The molecular weight excluding hydrogens is 246 g/mol. The average Bonchev–Trinajstić information content (AvgIpc) is 2.37. The summed E-state index contributed by atoms with van der Waals surface area (Å²) in [5.41, 5.74) is 2.94. The van der Waals surface area contributed by atoms with Crippen LogP contribution >= 0.6 is 0 Å². The maximum atomic E-state index is 4.90. The molecule has 20 heavy (non-hydrogen) atoms. The Morgan fingerprint density at radius 2 is 2.10 bits per heavy atom. The third-order valence-corrected chi connectivity index (χ3v) is 4.09. The Kier molecular flexibility index (Phi) is 4.69. The van der Waals surface area contributed by atoms with Gasteiger partial charge in [-0.25, -0.2) is 4.98 Å². The molecule has 1 aromatic rings. The molecule has 0 radical (unpaired) electrons. The van der Waals surface area contributed by atoms with Crippen molar-refractivity contribution in [2.75, 3.05) is 25.0 Å². The third kappa shape index (κ3) is 3.72. The summed E-state index contributed by atoms with van der Waals surface area (Å²) < 4.78 is 0. The van der Waals surface area contributed by atoms with Crippen molar-refractivity contribution in [3.63, 3.8) is 0 Å². The Labute approximate surface area is 123 Å². The van der Waals surface area contributed by atoms with E-state index in [0.29, 0.717) is 11.3 Å². The molecule has 1 aromatic heterocycles. The van der Waals surface area contributed by atoms with Crippen molar-refractivity contribution in [2.45, 2.75) is 53.0 Å². The molecule has 0 bridgehead atoms. The first kappa shape index (κ1) is 15.3. The van der Waals surface area contributed by atoms with Gasteiger partial charge in [0, 0.05) is 25.3 Å². The lowest BCUT2D eigenvalue weighted by molar-refractivity contribution is 0.292. The van der Waals surface area contributed by atoms with Crippen LogP contribution in [0, 0.1) is 5.41 Å². The molecule has 1 aliphatic heterocycles. The third-order valence-electron chi connectivity index (χ3n) is 4.09. The van der Waals surface area contributed by atoms with Crippen LogP contribution in [0.15, 0.2) is 12.1 Å². The van der Waals surface area contributed by atoms with Crippen LogP contribution in [0.3, 0.4) is 0 Å². The lowest BCUT2D eigenvalue weighted by atomic mass is 9.84. The molecule has 0 saturated carbocycles. The molecule has 112 valence electrons. The Morgan fingerprint density at radius 3 is 2.70 bits per heavy atom. The van der Waals surface area contributed by atoms with Crippen molar-refractivity contribution in [3.8, 4) is 0 Å². The van der Waals surface area contributed by atoms with E-state index in [1.165, 1.54) is 24.1 Å². The molecule has 0 aliphatic carbocycles. The van der Waals surface area contributed by atoms with Crippen LogP contribution in [-0.4, -0.2) is 25.1 Å². The summed E-state index contributed by atoms with van der Waals surface area (Å²) >= 11 is 0. The number of piperidine rings is 1. The van der Waals surface area contributed by atoms with E-state index in [2.05, 4.69) is 50.0 Å². The summed E-state index contributed by atoms with van der Waals surface area (Å²) in [5.74, 6) is 1.64. The molecule has 3 nitrogen and oxygen atoms in total. The second-order valence-corrected chi connectivity index (χ2v) is 7.13. The SMILES string of the molecule is CNCc1cc(C(C)C)nc(N2CCCC(C)(C)C2)c1. The number of nitrogens with zero attached hydrogens (tertiary/aromatic N) is 2. The van der Waals surface area contributed by atoms with Crippen molar-refractivity contribution < 1.29 is 0 Å². The van der Waals surface area contributed by atoms with Crippen LogP contribution in [0.2, 0.25) is 0 Å². The largest absolute Gasteiger partial charge is 0.356 e. The van der Waals surface area contributed by atoms with Gasteiger partial charge in [-0.3, -0.25) is 0 Å². The van der Waals surface area contributed by atoms with Gasteiger partial charge in [0.2, 0.25) is 0 Å². The molecule has 1 saturated heterocycles. The Balaban J connectivity index is 2.29. The number of hydrogen-bond acceptors (Lipinski definition) is 3. The number of hydrogen-bond donors (Lipinski definition) is 1. The fourth-order valence-electron chi connectivity index (χ4n) is 2.98. The lowest BCUT2D eigenvalue weighted by Gasteiger charge is -2.39. The minimum Gasteiger partial charge on any atom is -0.356 e. The normalized spacial score (nSPS) is 18.6. The van der Waals surface area contributed by atoms with E-state index < -0.39 is 0 Å². The summed E-state index contributed by atoms with van der Waals surface area (Å²) in [6.07, 6.45) is 2.58. The smallest absolute Gasteiger partial charge is 0.129 e. The number of nitrogens with one attached hydrogen (secondary N) is 1. The van der Waals surface area contributed by atoms with Gasteiger partial charge in [0.25, 0.3) is 0 Å². The maximum Gasteiger partial charge on any atom is 0.129 e. The van der Waals surface area contributed by atoms with Gasteiger partial charge in [0.15, 0.2) is 0 Å². The maximum absolute atomic E-state index is 4.90. The molecule has 1 N–H and O–H groups in total. The highest BCUT2D eigenvalue weighted by Crippen LogP contribution is 2.31. The highest BCUT2D eigenvalue weighted by molar-refractivity contribution is 5.44. The van der Waals surface area contributed by atoms with Gasteiger partial charge in [-0.15, -0.1) is 0 Å². The van der Waals surface area contributed by atoms with Crippen molar-refractivity contribution >= 4 is 5.82 Å². The molecule has 2 rings (SSSR count). The van der Waals surface area contributed by atoms with Gasteiger partial charge in [0.1, 0.15) is 5.82 Å². The predicted molar refractivity (Wildman–Crippen MR) is 86.3 cm³/mol. The molecule has 1 fully saturated rings. The van der Waals surface area contributed by atoms with E-state index in [0.717, 1.165) is 25.5 Å². The van der Waals surface area contributed by atoms with Gasteiger partial charge in [-0.05, 0) is 48.9 Å². The van der Waals surface area contributed by atoms with Crippen molar-refractivity contribution in [2.24, 2.45) is 5.41 Å². The van der Waals surface area contributed by atoms with Gasteiger partial charge in [0.05, 0.1) is 0 Å². The van der Waals surface area contributed by atoms with E-state index >= 15 is 0 Å². The zero-order chi connectivity index (χ0) is 14.8. The highest BCUT2D eigenvalue weighted by Gasteiger charge is 2.27. The monoisotopic (exact) mass is 275 g/mol. The molecule has 0 unspecified atom stereocenters. The van der Waals surface area contributed by atoms with Gasteiger partial charge in [-0.2, -0.15) is 0 Å². The number of rotatable bonds is 4. The van der Waals surface area contributed by atoms with Crippen molar-refractivity contribution in [1.29, 1.82) is 0 Å². The standard InChI is InChI=1S/C17H29N3/c1-13(2)15-9-14(11-18-5)10-16(19-15)20-8-6-7-17(3,4)12-20/h9-10,13,18H,6-8,11-12H2,1-5H3. The summed E-state index contributed by atoms with van der Waals surface area (Å²) in [5, 5.41) is 3.25. The molecule has 0 amide bonds. The fraction of sp³-hybridized carbons (Fsp3) is 0.706. The van der Waals surface area contributed by atoms with Gasteiger partial charge < -0.3 is 10.2 Å². The minimum atomic E-state index is 0.400. The molecule has 3 heteroatoms. The van der Waals surface area contributed by atoms with E-state index in [-0.39, 0.29) is 0 Å². The average molecular weight is 275 g/mol. The van der Waals surface area contributed by atoms with E-state index in [1.807, 2.05) is 7.05 Å².